The predicted molar refractivity (Wildman–Crippen MR) is 135 cm³/mol. The molecule has 1 N–H and O–H groups in total. The Bertz CT molecular complexity index is 727. The highest BCUT2D eigenvalue weighted by Crippen LogP contribution is 2.70. The van der Waals surface area contributed by atoms with Gasteiger partial charge in [-0.25, -0.2) is 0 Å². The van der Waals surface area contributed by atoms with E-state index < -0.39 is 0 Å². The number of aliphatic hydroxyl groups excluding tert-OH is 1. The fourth-order valence-corrected chi connectivity index (χ4v) is 10.7. The molecule has 0 aromatic rings. The maximum absolute atomic E-state index is 11.2. The number of allylic oxidation sites excluding steroid dienone is 2. The van der Waals surface area contributed by atoms with Crippen molar-refractivity contribution < 1.29 is 5.11 Å². The topological polar surface area (TPSA) is 20.2 Å². The van der Waals surface area contributed by atoms with Gasteiger partial charge in [0.1, 0.15) is 0 Å². The standard InChI is InChI=1S/C31H52O/c1-21(2)9-8-10-22(3)24-12-13-25-23-11-14-27-30(5,26(23)15-19-29(24,25)4)20-16-28(32)31(27)17-6-7-18-31/h21-22,24-25,27-28,32H,6-20H2,1-5H3/t22-,24-,25+,27?,28+,29-,30-/m1/s1. The zero-order chi connectivity index (χ0) is 22.7. The van der Waals surface area contributed by atoms with E-state index in [-0.39, 0.29) is 11.5 Å². The van der Waals surface area contributed by atoms with Gasteiger partial charge in [-0.2, -0.15) is 0 Å². The van der Waals surface area contributed by atoms with Crippen LogP contribution in [-0.2, 0) is 0 Å². The van der Waals surface area contributed by atoms with Crippen molar-refractivity contribution in [2.45, 2.75) is 137 Å². The van der Waals surface area contributed by atoms with Crippen molar-refractivity contribution in [2.75, 3.05) is 0 Å². The summed E-state index contributed by atoms with van der Waals surface area (Å²) < 4.78 is 0. The molecule has 32 heavy (non-hydrogen) atoms. The number of fused-ring (bicyclic) bond motifs is 5. The normalized spacial score (nSPS) is 44.0. The molecule has 182 valence electrons. The first-order valence-electron chi connectivity index (χ1n) is 14.6. The molecule has 0 heterocycles. The molecule has 1 unspecified atom stereocenters. The summed E-state index contributed by atoms with van der Waals surface area (Å²) in [5.41, 5.74) is 5.06. The number of hydrogen-bond acceptors (Lipinski definition) is 1. The molecule has 0 aliphatic heterocycles. The summed E-state index contributed by atoms with van der Waals surface area (Å²) >= 11 is 0. The number of rotatable bonds is 5. The summed E-state index contributed by atoms with van der Waals surface area (Å²) in [6.45, 7) is 12.7. The van der Waals surface area contributed by atoms with E-state index in [0.717, 1.165) is 36.0 Å². The first-order chi connectivity index (χ1) is 15.2. The molecule has 5 aliphatic rings. The van der Waals surface area contributed by atoms with Crippen LogP contribution in [0.4, 0.5) is 0 Å². The van der Waals surface area contributed by atoms with Crippen LogP contribution in [0, 0.1) is 45.8 Å². The summed E-state index contributed by atoms with van der Waals surface area (Å²) in [5.74, 6) is 4.30. The van der Waals surface area contributed by atoms with Crippen molar-refractivity contribution in [2.24, 2.45) is 45.8 Å². The Morgan fingerprint density at radius 1 is 0.875 bits per heavy atom. The summed E-state index contributed by atoms with van der Waals surface area (Å²) in [7, 11) is 0. The minimum absolute atomic E-state index is 0.0263. The van der Waals surface area contributed by atoms with Gasteiger partial charge in [-0.1, -0.05) is 77.9 Å². The fourth-order valence-electron chi connectivity index (χ4n) is 10.7. The van der Waals surface area contributed by atoms with E-state index in [2.05, 4.69) is 34.6 Å². The lowest BCUT2D eigenvalue weighted by Crippen LogP contribution is -2.55. The molecule has 0 bridgehead atoms. The molecule has 3 saturated carbocycles. The molecule has 0 radical (unpaired) electrons. The SMILES string of the molecule is CC(C)CCC[C@@H](C)[C@H]1CC[C@H]2C3=C(CC[C@]12C)[C@@]1(C)CC[C@H](O)C2(CCCC2)C1CC3. The zero-order valence-electron chi connectivity index (χ0n) is 22.0. The smallest absolute Gasteiger partial charge is 0.0599 e. The minimum Gasteiger partial charge on any atom is -0.393 e. The third-order valence-corrected chi connectivity index (χ3v) is 12.2. The number of aliphatic hydroxyl groups is 1. The Kier molecular flexibility index (Phi) is 6.17. The highest BCUT2D eigenvalue weighted by atomic mass is 16.3. The van der Waals surface area contributed by atoms with Gasteiger partial charge in [0.2, 0.25) is 0 Å². The van der Waals surface area contributed by atoms with Crippen LogP contribution in [0.5, 0.6) is 0 Å². The van der Waals surface area contributed by atoms with E-state index in [1.165, 1.54) is 89.9 Å². The third kappa shape index (κ3) is 3.41. The highest BCUT2D eigenvalue weighted by Gasteiger charge is 2.61. The van der Waals surface area contributed by atoms with Crippen LogP contribution in [0.3, 0.4) is 0 Å². The molecule has 1 spiro atoms. The van der Waals surface area contributed by atoms with Crippen LogP contribution in [0.2, 0.25) is 0 Å². The second-order valence-corrected chi connectivity index (χ2v) is 14.1. The summed E-state index contributed by atoms with van der Waals surface area (Å²) in [4.78, 5) is 0. The molecule has 1 nitrogen and oxygen atoms in total. The van der Waals surface area contributed by atoms with Crippen molar-refractivity contribution in [3.63, 3.8) is 0 Å². The van der Waals surface area contributed by atoms with Crippen LogP contribution in [0.15, 0.2) is 11.1 Å². The molecule has 0 aromatic heterocycles. The Morgan fingerprint density at radius 3 is 2.34 bits per heavy atom. The van der Waals surface area contributed by atoms with Gasteiger partial charge in [-0.05, 0) is 110 Å². The summed E-state index contributed by atoms with van der Waals surface area (Å²) in [6, 6.07) is 0. The van der Waals surface area contributed by atoms with Gasteiger partial charge < -0.3 is 5.11 Å². The zero-order valence-corrected chi connectivity index (χ0v) is 22.0. The Hall–Kier alpha value is -0.300. The molecule has 5 aliphatic carbocycles. The van der Waals surface area contributed by atoms with Gasteiger partial charge in [0.25, 0.3) is 0 Å². The van der Waals surface area contributed by atoms with Crippen LogP contribution >= 0.6 is 0 Å². The lowest BCUT2D eigenvalue weighted by molar-refractivity contribution is -0.110. The second kappa shape index (κ2) is 8.42. The van der Waals surface area contributed by atoms with Crippen molar-refractivity contribution in [1.29, 1.82) is 0 Å². The van der Waals surface area contributed by atoms with Crippen molar-refractivity contribution in [1.82, 2.24) is 0 Å². The van der Waals surface area contributed by atoms with Gasteiger partial charge in [0, 0.05) is 0 Å². The molecule has 3 fully saturated rings. The van der Waals surface area contributed by atoms with E-state index in [1.807, 2.05) is 11.1 Å². The van der Waals surface area contributed by atoms with Crippen LogP contribution in [0.1, 0.15) is 131 Å². The van der Waals surface area contributed by atoms with Crippen molar-refractivity contribution in [3.8, 4) is 0 Å². The van der Waals surface area contributed by atoms with E-state index >= 15 is 0 Å². The van der Waals surface area contributed by atoms with E-state index in [1.54, 1.807) is 0 Å². The monoisotopic (exact) mass is 440 g/mol. The van der Waals surface area contributed by atoms with Crippen LogP contribution < -0.4 is 0 Å². The second-order valence-electron chi connectivity index (χ2n) is 14.1. The molecular weight excluding hydrogens is 388 g/mol. The average Bonchev–Trinajstić information content (AvgIpc) is 3.36. The molecule has 5 rings (SSSR count). The lowest BCUT2D eigenvalue weighted by Gasteiger charge is -2.61. The maximum atomic E-state index is 11.2. The molecule has 0 saturated heterocycles. The Balaban J connectivity index is 1.39. The third-order valence-electron chi connectivity index (χ3n) is 12.2. The van der Waals surface area contributed by atoms with Gasteiger partial charge >= 0.3 is 0 Å². The predicted octanol–water partition coefficient (Wildman–Crippen LogP) is 8.70. The number of hydrogen-bond donors (Lipinski definition) is 1. The van der Waals surface area contributed by atoms with E-state index in [4.69, 9.17) is 0 Å². The molecule has 7 atom stereocenters. The Morgan fingerprint density at radius 2 is 1.62 bits per heavy atom. The first kappa shape index (κ1) is 23.4. The lowest BCUT2D eigenvalue weighted by atomic mass is 9.44. The minimum atomic E-state index is -0.0263. The Labute approximate surface area is 199 Å². The van der Waals surface area contributed by atoms with Gasteiger partial charge in [0.05, 0.1) is 6.10 Å². The summed E-state index contributed by atoms with van der Waals surface area (Å²) in [5, 5.41) is 11.2. The van der Waals surface area contributed by atoms with Gasteiger partial charge in [0.15, 0.2) is 0 Å². The average molecular weight is 441 g/mol. The van der Waals surface area contributed by atoms with E-state index in [9.17, 15) is 5.11 Å². The van der Waals surface area contributed by atoms with Crippen LogP contribution in [0.25, 0.3) is 0 Å². The highest BCUT2D eigenvalue weighted by molar-refractivity contribution is 5.35. The van der Waals surface area contributed by atoms with Crippen LogP contribution in [-0.4, -0.2) is 11.2 Å². The molecule has 1 heteroatoms. The van der Waals surface area contributed by atoms with Gasteiger partial charge in [-0.15, -0.1) is 0 Å². The fraction of sp³-hybridized carbons (Fsp3) is 0.935. The van der Waals surface area contributed by atoms with E-state index in [0.29, 0.717) is 10.8 Å². The quantitative estimate of drug-likeness (QED) is 0.424. The van der Waals surface area contributed by atoms with Crippen molar-refractivity contribution in [3.05, 3.63) is 11.1 Å². The molecule has 0 amide bonds. The van der Waals surface area contributed by atoms with Gasteiger partial charge in [-0.3, -0.25) is 0 Å². The molecular formula is C31H52O. The van der Waals surface area contributed by atoms with Crippen molar-refractivity contribution >= 4 is 0 Å². The summed E-state index contributed by atoms with van der Waals surface area (Å²) in [6.07, 6.45) is 20.3. The largest absolute Gasteiger partial charge is 0.393 e. The molecule has 0 aromatic carbocycles. The maximum Gasteiger partial charge on any atom is 0.0599 e. The first-order valence-corrected chi connectivity index (χ1v) is 14.6.